The molecule has 0 aromatic carbocycles. The quantitative estimate of drug-likeness (QED) is 0.800. The average molecular weight is 270 g/mol. The van der Waals surface area contributed by atoms with E-state index in [1.54, 1.807) is 11.8 Å². The molecule has 2 nitrogen and oxygen atoms in total. The van der Waals surface area contributed by atoms with Crippen LogP contribution in [0.4, 0.5) is 0 Å². The van der Waals surface area contributed by atoms with Crippen LogP contribution in [0.25, 0.3) is 0 Å². The molecule has 0 amide bonds. The number of thioether (sulfide) groups is 1. The maximum atomic E-state index is 11.7. The predicted octanol–water partition coefficient (Wildman–Crippen LogP) is 4.48. The largest absolute Gasteiger partial charge is 0.480 e. The molecule has 0 aromatic heterocycles. The molecule has 2 aliphatic carbocycles. The van der Waals surface area contributed by atoms with Gasteiger partial charge in [-0.05, 0) is 31.1 Å². The third kappa shape index (κ3) is 2.56. The van der Waals surface area contributed by atoms with E-state index in [0.29, 0.717) is 10.7 Å². The van der Waals surface area contributed by atoms with E-state index in [9.17, 15) is 9.90 Å². The second kappa shape index (κ2) is 5.44. The lowest BCUT2D eigenvalue weighted by Gasteiger charge is -2.54. The summed E-state index contributed by atoms with van der Waals surface area (Å²) in [5, 5.41) is 10.2. The summed E-state index contributed by atoms with van der Waals surface area (Å²) < 4.78 is -0.450. The molecular weight excluding hydrogens is 244 g/mol. The number of hydrogen-bond donors (Lipinski definition) is 1. The smallest absolute Gasteiger partial charge is 0.319 e. The summed E-state index contributed by atoms with van der Waals surface area (Å²) in [7, 11) is 0. The van der Waals surface area contributed by atoms with Crippen molar-refractivity contribution in [1.82, 2.24) is 0 Å². The van der Waals surface area contributed by atoms with E-state index in [4.69, 9.17) is 0 Å². The van der Waals surface area contributed by atoms with Crippen molar-refractivity contribution in [3.05, 3.63) is 0 Å². The fourth-order valence-corrected chi connectivity index (χ4v) is 5.78. The molecule has 0 saturated heterocycles. The van der Waals surface area contributed by atoms with Gasteiger partial charge in [0.1, 0.15) is 4.75 Å². The Labute approximate surface area is 115 Å². The molecule has 0 unspecified atom stereocenters. The molecule has 2 rings (SSSR count). The highest BCUT2D eigenvalue weighted by molar-refractivity contribution is 8.02. The molecule has 1 N–H and O–H groups in total. The lowest BCUT2D eigenvalue weighted by molar-refractivity contribution is -0.147. The number of carboxylic acid groups (broad SMARTS) is 1. The van der Waals surface area contributed by atoms with E-state index >= 15 is 0 Å². The minimum absolute atomic E-state index is 0.320. The van der Waals surface area contributed by atoms with E-state index < -0.39 is 10.7 Å². The highest BCUT2D eigenvalue weighted by atomic mass is 32.2. The fourth-order valence-electron chi connectivity index (χ4n) is 3.70. The first-order chi connectivity index (χ1) is 8.56. The Balaban J connectivity index is 1.99. The average Bonchev–Trinajstić information content (AvgIpc) is 2.34. The Morgan fingerprint density at radius 3 is 2.17 bits per heavy atom. The molecule has 0 spiro atoms. The topological polar surface area (TPSA) is 37.3 Å². The Morgan fingerprint density at radius 2 is 1.72 bits per heavy atom. The zero-order valence-electron chi connectivity index (χ0n) is 11.7. The van der Waals surface area contributed by atoms with Crippen molar-refractivity contribution in [2.45, 2.75) is 81.6 Å². The molecule has 0 aliphatic heterocycles. The van der Waals surface area contributed by atoms with Crippen LogP contribution in [0.15, 0.2) is 0 Å². The fraction of sp³-hybridized carbons (Fsp3) is 0.933. The van der Waals surface area contributed by atoms with Gasteiger partial charge in [0.05, 0.1) is 0 Å². The van der Waals surface area contributed by atoms with E-state index in [-0.39, 0.29) is 0 Å². The van der Waals surface area contributed by atoms with Crippen LogP contribution < -0.4 is 0 Å². The third-order valence-corrected chi connectivity index (χ3v) is 6.87. The predicted molar refractivity (Wildman–Crippen MR) is 77.1 cm³/mol. The van der Waals surface area contributed by atoms with Gasteiger partial charge in [0.2, 0.25) is 0 Å². The monoisotopic (exact) mass is 270 g/mol. The zero-order chi connectivity index (χ0) is 13.2. The van der Waals surface area contributed by atoms with E-state index in [2.05, 4.69) is 13.8 Å². The Bertz CT molecular complexity index is 296. The van der Waals surface area contributed by atoms with Crippen molar-refractivity contribution in [1.29, 1.82) is 0 Å². The molecule has 0 aromatic rings. The van der Waals surface area contributed by atoms with Crippen molar-refractivity contribution in [3.8, 4) is 0 Å². The first-order valence-electron chi connectivity index (χ1n) is 7.47. The third-order valence-electron chi connectivity index (χ3n) is 5.16. The summed E-state index contributed by atoms with van der Waals surface area (Å²) in [5.41, 5.74) is 0.320. The highest BCUT2D eigenvalue weighted by Crippen LogP contribution is 2.61. The summed E-state index contributed by atoms with van der Waals surface area (Å²) in [6, 6.07) is 0. The van der Waals surface area contributed by atoms with Crippen LogP contribution in [0, 0.1) is 5.41 Å². The molecule has 18 heavy (non-hydrogen) atoms. The summed E-state index contributed by atoms with van der Waals surface area (Å²) >= 11 is 1.80. The van der Waals surface area contributed by atoms with Crippen LogP contribution in [-0.2, 0) is 4.79 Å². The lowest BCUT2D eigenvalue weighted by Crippen LogP contribution is -2.55. The maximum Gasteiger partial charge on any atom is 0.319 e. The van der Waals surface area contributed by atoms with E-state index in [1.807, 2.05) is 0 Å². The van der Waals surface area contributed by atoms with E-state index in [0.717, 1.165) is 25.7 Å². The van der Waals surface area contributed by atoms with Gasteiger partial charge in [-0.2, -0.15) is 0 Å². The first-order valence-corrected chi connectivity index (χ1v) is 8.35. The van der Waals surface area contributed by atoms with Gasteiger partial charge in [0, 0.05) is 5.25 Å². The number of rotatable bonds is 5. The minimum atomic E-state index is -0.560. The van der Waals surface area contributed by atoms with Crippen molar-refractivity contribution < 1.29 is 9.90 Å². The molecule has 0 bridgehead atoms. The molecule has 2 fully saturated rings. The normalized spacial score (nSPS) is 26.6. The van der Waals surface area contributed by atoms with E-state index in [1.165, 1.54) is 32.1 Å². The highest BCUT2D eigenvalue weighted by Gasteiger charge is 2.58. The first kappa shape index (κ1) is 14.2. The van der Waals surface area contributed by atoms with Crippen LogP contribution in [0.3, 0.4) is 0 Å². The molecule has 0 radical (unpaired) electrons. The van der Waals surface area contributed by atoms with Gasteiger partial charge in [-0.1, -0.05) is 46.0 Å². The number of carbonyl (C=O) groups is 1. The number of aliphatic carboxylic acids is 1. The molecule has 2 aliphatic rings. The molecule has 0 atom stereocenters. The summed E-state index contributed by atoms with van der Waals surface area (Å²) in [5.74, 6) is -0.560. The van der Waals surface area contributed by atoms with Gasteiger partial charge in [-0.3, -0.25) is 4.79 Å². The number of hydrogen-bond acceptors (Lipinski definition) is 2. The molecule has 104 valence electrons. The van der Waals surface area contributed by atoms with Crippen LogP contribution in [0.2, 0.25) is 0 Å². The SMILES string of the molecule is CCC1(CC)CC(SC2CCCCC2)(C(=O)O)C1. The van der Waals surface area contributed by atoms with Gasteiger partial charge in [0.15, 0.2) is 0 Å². The maximum absolute atomic E-state index is 11.7. The lowest BCUT2D eigenvalue weighted by atomic mass is 9.58. The number of carboxylic acids is 1. The van der Waals surface area contributed by atoms with Crippen LogP contribution in [0.5, 0.6) is 0 Å². The second-order valence-corrected chi connectivity index (χ2v) is 7.92. The van der Waals surface area contributed by atoms with Crippen LogP contribution in [0.1, 0.15) is 71.6 Å². The minimum Gasteiger partial charge on any atom is -0.480 e. The van der Waals surface area contributed by atoms with Gasteiger partial charge >= 0.3 is 5.97 Å². The summed E-state index contributed by atoms with van der Waals surface area (Å²) in [6.07, 6.45) is 10.4. The van der Waals surface area contributed by atoms with Crippen LogP contribution >= 0.6 is 11.8 Å². The Hall–Kier alpha value is -0.180. The summed E-state index contributed by atoms with van der Waals surface area (Å²) in [4.78, 5) is 11.7. The van der Waals surface area contributed by atoms with Gasteiger partial charge in [0.25, 0.3) is 0 Å². The summed E-state index contributed by atoms with van der Waals surface area (Å²) in [6.45, 7) is 4.42. The Kier molecular flexibility index (Phi) is 4.30. The molecular formula is C15H26O2S. The van der Waals surface area contributed by atoms with Crippen molar-refractivity contribution in [2.75, 3.05) is 0 Å². The molecule has 3 heteroatoms. The standard InChI is InChI=1S/C15H26O2S/c1-3-14(4-2)10-15(11-14,13(16)17)18-12-8-6-5-7-9-12/h12H,3-11H2,1-2H3,(H,16,17). The van der Waals surface area contributed by atoms with Crippen molar-refractivity contribution >= 4 is 17.7 Å². The Morgan fingerprint density at radius 1 is 1.17 bits per heavy atom. The van der Waals surface area contributed by atoms with Crippen LogP contribution in [-0.4, -0.2) is 21.1 Å². The zero-order valence-corrected chi connectivity index (χ0v) is 12.5. The van der Waals surface area contributed by atoms with Crippen molar-refractivity contribution in [2.24, 2.45) is 5.41 Å². The van der Waals surface area contributed by atoms with Gasteiger partial charge in [-0.15, -0.1) is 11.8 Å². The second-order valence-electron chi connectivity index (χ2n) is 6.24. The van der Waals surface area contributed by atoms with Gasteiger partial charge in [-0.25, -0.2) is 0 Å². The molecule has 2 saturated carbocycles. The molecule has 0 heterocycles. The van der Waals surface area contributed by atoms with Crippen molar-refractivity contribution in [3.63, 3.8) is 0 Å². The van der Waals surface area contributed by atoms with Gasteiger partial charge < -0.3 is 5.11 Å².